The van der Waals surface area contributed by atoms with Crippen LogP contribution in [0.4, 0.5) is 0 Å². The molecule has 102 valence electrons. The second kappa shape index (κ2) is 4.92. The second-order valence-corrected chi connectivity index (χ2v) is 6.59. The average molecular weight is 256 g/mol. The molecule has 1 N–H and O–H groups in total. The van der Waals surface area contributed by atoms with E-state index in [2.05, 4.69) is 34.5 Å². The van der Waals surface area contributed by atoms with Crippen molar-refractivity contribution < 1.29 is 0 Å². The summed E-state index contributed by atoms with van der Waals surface area (Å²) in [6.45, 7) is 2.58. The van der Waals surface area contributed by atoms with Gasteiger partial charge < -0.3 is 5.32 Å². The summed E-state index contributed by atoms with van der Waals surface area (Å²) in [6, 6.07) is 11.4. The Morgan fingerprint density at radius 3 is 2.63 bits per heavy atom. The molecule has 2 atom stereocenters. The van der Waals surface area contributed by atoms with Gasteiger partial charge in [-0.2, -0.15) is 0 Å². The summed E-state index contributed by atoms with van der Waals surface area (Å²) < 4.78 is 0. The molecule has 1 saturated heterocycles. The number of hydrogen-bond acceptors (Lipinski definition) is 2. The van der Waals surface area contributed by atoms with E-state index in [9.17, 15) is 0 Å². The summed E-state index contributed by atoms with van der Waals surface area (Å²) in [6.07, 6.45) is 8.08. The predicted octanol–water partition coefficient (Wildman–Crippen LogP) is 2.37. The van der Waals surface area contributed by atoms with Crippen LogP contribution in [0.2, 0.25) is 0 Å². The zero-order valence-electron chi connectivity index (χ0n) is 11.6. The number of rotatable bonds is 3. The standard InChI is InChI=1S/C17H24N2/c1-2-4-14-11-17(8-5-13(14)3-1)19-10-9-16(12-19)18-15-6-7-15/h1-4,15-18H,5-12H2. The van der Waals surface area contributed by atoms with E-state index >= 15 is 0 Å². The maximum atomic E-state index is 3.80. The van der Waals surface area contributed by atoms with E-state index in [-0.39, 0.29) is 0 Å². The number of hydrogen-bond donors (Lipinski definition) is 1. The van der Waals surface area contributed by atoms with Gasteiger partial charge in [0.2, 0.25) is 0 Å². The van der Waals surface area contributed by atoms with Crippen molar-refractivity contribution in [2.45, 2.75) is 56.7 Å². The lowest BCUT2D eigenvalue weighted by Crippen LogP contribution is -2.40. The van der Waals surface area contributed by atoms with Gasteiger partial charge in [-0.1, -0.05) is 24.3 Å². The first-order valence-electron chi connectivity index (χ1n) is 7.95. The van der Waals surface area contributed by atoms with Crippen molar-refractivity contribution in [3.05, 3.63) is 35.4 Å². The van der Waals surface area contributed by atoms with Gasteiger partial charge in [-0.05, 0) is 49.7 Å². The van der Waals surface area contributed by atoms with Gasteiger partial charge in [-0.25, -0.2) is 0 Å². The molecule has 1 aromatic rings. The Hall–Kier alpha value is -0.860. The minimum Gasteiger partial charge on any atom is -0.310 e. The van der Waals surface area contributed by atoms with Crippen LogP contribution in [-0.4, -0.2) is 36.1 Å². The van der Waals surface area contributed by atoms with Crippen LogP contribution in [0.5, 0.6) is 0 Å². The van der Waals surface area contributed by atoms with Crippen LogP contribution >= 0.6 is 0 Å². The first kappa shape index (κ1) is 11.9. The quantitative estimate of drug-likeness (QED) is 0.893. The second-order valence-electron chi connectivity index (χ2n) is 6.59. The van der Waals surface area contributed by atoms with E-state index in [0.717, 1.165) is 18.1 Å². The molecule has 0 bridgehead atoms. The lowest BCUT2D eigenvalue weighted by Gasteiger charge is -2.32. The van der Waals surface area contributed by atoms with Crippen LogP contribution in [0.15, 0.2) is 24.3 Å². The van der Waals surface area contributed by atoms with Crippen LogP contribution in [0.1, 0.15) is 36.8 Å². The smallest absolute Gasteiger partial charge is 0.0209 e. The third-order valence-electron chi connectivity index (χ3n) is 5.11. The Balaban J connectivity index is 1.38. The zero-order valence-corrected chi connectivity index (χ0v) is 11.6. The number of benzene rings is 1. The van der Waals surface area contributed by atoms with Crippen molar-refractivity contribution in [1.29, 1.82) is 0 Å². The molecule has 2 aliphatic carbocycles. The monoisotopic (exact) mass is 256 g/mol. The van der Waals surface area contributed by atoms with Crippen molar-refractivity contribution in [1.82, 2.24) is 10.2 Å². The van der Waals surface area contributed by atoms with Crippen molar-refractivity contribution in [2.75, 3.05) is 13.1 Å². The molecule has 0 radical (unpaired) electrons. The molecule has 2 fully saturated rings. The van der Waals surface area contributed by atoms with Gasteiger partial charge in [0, 0.05) is 31.2 Å². The summed E-state index contributed by atoms with van der Waals surface area (Å²) in [5.74, 6) is 0. The van der Waals surface area contributed by atoms with Crippen molar-refractivity contribution in [3.8, 4) is 0 Å². The molecule has 1 heterocycles. The van der Waals surface area contributed by atoms with Crippen molar-refractivity contribution in [3.63, 3.8) is 0 Å². The topological polar surface area (TPSA) is 15.3 Å². The van der Waals surface area contributed by atoms with E-state index < -0.39 is 0 Å². The Kier molecular flexibility index (Phi) is 3.08. The molecule has 0 aromatic heterocycles. The molecule has 0 amide bonds. The van der Waals surface area contributed by atoms with Gasteiger partial charge in [-0.3, -0.25) is 4.90 Å². The molecule has 1 aliphatic heterocycles. The van der Waals surface area contributed by atoms with Gasteiger partial charge >= 0.3 is 0 Å². The molecular weight excluding hydrogens is 232 g/mol. The van der Waals surface area contributed by atoms with E-state index in [0.29, 0.717) is 0 Å². The molecule has 2 unspecified atom stereocenters. The Morgan fingerprint density at radius 2 is 1.79 bits per heavy atom. The van der Waals surface area contributed by atoms with E-state index in [1.165, 1.54) is 51.6 Å². The van der Waals surface area contributed by atoms with Crippen LogP contribution in [0.3, 0.4) is 0 Å². The highest BCUT2D eigenvalue weighted by atomic mass is 15.2. The predicted molar refractivity (Wildman–Crippen MR) is 78.4 cm³/mol. The van der Waals surface area contributed by atoms with Gasteiger partial charge in [0.15, 0.2) is 0 Å². The lowest BCUT2D eigenvalue weighted by atomic mass is 9.88. The lowest BCUT2D eigenvalue weighted by molar-refractivity contribution is 0.216. The van der Waals surface area contributed by atoms with Gasteiger partial charge in [0.1, 0.15) is 0 Å². The van der Waals surface area contributed by atoms with Gasteiger partial charge in [-0.15, -0.1) is 0 Å². The molecule has 4 rings (SSSR count). The summed E-state index contributed by atoms with van der Waals surface area (Å²) >= 11 is 0. The van der Waals surface area contributed by atoms with Crippen molar-refractivity contribution >= 4 is 0 Å². The fourth-order valence-electron chi connectivity index (χ4n) is 3.83. The van der Waals surface area contributed by atoms with Crippen molar-refractivity contribution in [2.24, 2.45) is 0 Å². The van der Waals surface area contributed by atoms with Crippen LogP contribution < -0.4 is 5.32 Å². The molecule has 2 nitrogen and oxygen atoms in total. The molecule has 1 aromatic carbocycles. The van der Waals surface area contributed by atoms with Gasteiger partial charge in [0.05, 0.1) is 0 Å². The van der Waals surface area contributed by atoms with E-state index in [1.807, 2.05) is 0 Å². The van der Waals surface area contributed by atoms with E-state index in [1.54, 1.807) is 11.1 Å². The summed E-state index contributed by atoms with van der Waals surface area (Å²) in [5.41, 5.74) is 3.18. The molecule has 2 heteroatoms. The SMILES string of the molecule is c1ccc2c(c1)CCC(N1CCC(NC3CC3)C1)C2. The highest BCUT2D eigenvalue weighted by Gasteiger charge is 2.33. The minimum absolute atomic E-state index is 0.768. The first-order valence-corrected chi connectivity index (χ1v) is 7.95. The van der Waals surface area contributed by atoms with Crippen LogP contribution in [0, 0.1) is 0 Å². The van der Waals surface area contributed by atoms with Crippen LogP contribution in [0.25, 0.3) is 0 Å². The molecule has 1 saturated carbocycles. The molecular formula is C17H24N2. The minimum atomic E-state index is 0.768. The number of nitrogens with one attached hydrogen (secondary N) is 1. The maximum absolute atomic E-state index is 3.80. The third kappa shape index (κ3) is 2.56. The number of nitrogens with zero attached hydrogens (tertiary/aromatic N) is 1. The molecule has 19 heavy (non-hydrogen) atoms. The number of likely N-dealkylation sites (tertiary alicyclic amines) is 1. The largest absolute Gasteiger partial charge is 0.310 e. The molecule has 3 aliphatic rings. The average Bonchev–Trinajstić information content (AvgIpc) is 3.14. The Bertz CT molecular complexity index is 452. The summed E-state index contributed by atoms with van der Waals surface area (Å²) in [5, 5.41) is 3.80. The normalized spacial score (nSPS) is 31.4. The molecule has 0 spiro atoms. The highest BCUT2D eigenvalue weighted by Crippen LogP contribution is 2.28. The number of aryl methyl sites for hydroxylation is 1. The Labute approximate surface area is 116 Å². The fraction of sp³-hybridized carbons (Fsp3) is 0.647. The summed E-state index contributed by atoms with van der Waals surface area (Å²) in [4.78, 5) is 2.75. The van der Waals surface area contributed by atoms with Gasteiger partial charge in [0.25, 0.3) is 0 Å². The maximum Gasteiger partial charge on any atom is 0.0209 e. The first-order chi connectivity index (χ1) is 9.38. The zero-order chi connectivity index (χ0) is 12.7. The fourth-order valence-corrected chi connectivity index (χ4v) is 3.83. The van der Waals surface area contributed by atoms with Crippen LogP contribution in [-0.2, 0) is 12.8 Å². The third-order valence-corrected chi connectivity index (χ3v) is 5.11. The number of fused-ring (bicyclic) bond motifs is 1. The highest BCUT2D eigenvalue weighted by molar-refractivity contribution is 5.30. The Morgan fingerprint density at radius 1 is 0.947 bits per heavy atom. The summed E-state index contributed by atoms with van der Waals surface area (Å²) in [7, 11) is 0. The van der Waals surface area contributed by atoms with E-state index in [4.69, 9.17) is 0 Å².